The Morgan fingerprint density at radius 1 is 1.00 bits per heavy atom. The maximum absolute atomic E-state index is 13.2. The smallest absolute Gasteiger partial charge is 0.258 e. The summed E-state index contributed by atoms with van der Waals surface area (Å²) >= 11 is 6.30. The fraction of sp³-hybridized carbons (Fsp3) is 0.120. The molecule has 1 N–H and O–H groups in total. The number of hydrogen-bond acceptors (Lipinski definition) is 3. The third-order valence-corrected chi connectivity index (χ3v) is 5.68. The van der Waals surface area contributed by atoms with E-state index in [0.717, 1.165) is 27.6 Å². The Morgan fingerprint density at radius 3 is 2.53 bits per heavy atom. The van der Waals surface area contributed by atoms with Gasteiger partial charge in [-0.15, -0.1) is 0 Å². The van der Waals surface area contributed by atoms with E-state index < -0.39 is 0 Å². The number of oxime groups is 1. The summed E-state index contributed by atoms with van der Waals surface area (Å²) in [6.07, 6.45) is 0.316. The quantitative estimate of drug-likeness (QED) is 0.445. The first-order valence-corrected chi connectivity index (χ1v) is 10.2. The summed E-state index contributed by atoms with van der Waals surface area (Å²) in [6, 6.07) is 23.5. The molecule has 0 spiro atoms. The Balaban J connectivity index is 1.67. The Hall–Kier alpha value is -3.37. The van der Waals surface area contributed by atoms with Crippen LogP contribution in [-0.2, 0) is 4.84 Å². The van der Waals surface area contributed by atoms with E-state index in [1.165, 1.54) is 5.56 Å². The highest BCUT2D eigenvalue weighted by molar-refractivity contribution is 6.31. The summed E-state index contributed by atoms with van der Waals surface area (Å²) in [5.41, 5.74) is 5.72. The molecule has 0 saturated heterocycles. The van der Waals surface area contributed by atoms with Gasteiger partial charge < -0.3 is 9.82 Å². The van der Waals surface area contributed by atoms with Gasteiger partial charge in [0.25, 0.3) is 5.56 Å². The van der Waals surface area contributed by atoms with Crippen LogP contribution in [0.3, 0.4) is 0 Å². The van der Waals surface area contributed by atoms with Crippen LogP contribution in [0.2, 0.25) is 5.02 Å². The van der Waals surface area contributed by atoms with Gasteiger partial charge >= 0.3 is 0 Å². The van der Waals surface area contributed by atoms with Gasteiger partial charge in [-0.05, 0) is 36.2 Å². The largest absolute Gasteiger partial charge is 0.387 e. The summed E-state index contributed by atoms with van der Waals surface area (Å²) in [5.74, 6) is 0. The number of fused-ring (bicyclic) bond motifs is 1. The van der Waals surface area contributed by atoms with Crippen molar-refractivity contribution in [3.63, 3.8) is 0 Å². The first-order chi connectivity index (χ1) is 14.6. The SMILES string of the molecule is Cc1ccc([C@@H]2CC(c3c(-c4ccccc4)c4cc(Cl)ccc4[nH]c3=O)=NO2)cc1. The van der Waals surface area contributed by atoms with Crippen molar-refractivity contribution in [3.05, 3.63) is 105 Å². The molecule has 148 valence electrons. The van der Waals surface area contributed by atoms with Crippen molar-refractivity contribution in [1.82, 2.24) is 4.98 Å². The van der Waals surface area contributed by atoms with Crippen molar-refractivity contribution in [1.29, 1.82) is 0 Å². The Morgan fingerprint density at radius 2 is 1.77 bits per heavy atom. The molecule has 1 aromatic heterocycles. The predicted molar refractivity (Wildman–Crippen MR) is 121 cm³/mol. The molecule has 0 saturated carbocycles. The minimum atomic E-state index is -0.210. The van der Waals surface area contributed by atoms with E-state index in [2.05, 4.69) is 22.3 Å². The predicted octanol–water partition coefficient (Wildman–Crippen LogP) is 6.02. The van der Waals surface area contributed by atoms with Crippen LogP contribution in [0, 0.1) is 6.92 Å². The second-order valence-electron chi connectivity index (χ2n) is 7.51. The van der Waals surface area contributed by atoms with Gasteiger partial charge in [-0.1, -0.05) is 76.9 Å². The minimum absolute atomic E-state index is 0.185. The van der Waals surface area contributed by atoms with Crippen molar-refractivity contribution in [2.75, 3.05) is 0 Å². The van der Waals surface area contributed by atoms with Crippen molar-refractivity contribution in [2.24, 2.45) is 5.16 Å². The Kier molecular flexibility index (Phi) is 4.64. The van der Waals surface area contributed by atoms with Crippen LogP contribution >= 0.6 is 11.6 Å². The molecular weight excluding hydrogens is 396 g/mol. The van der Waals surface area contributed by atoms with E-state index in [1.54, 1.807) is 6.07 Å². The first kappa shape index (κ1) is 18.6. The zero-order chi connectivity index (χ0) is 20.7. The number of hydrogen-bond donors (Lipinski definition) is 1. The fourth-order valence-corrected chi connectivity index (χ4v) is 4.10. The second-order valence-corrected chi connectivity index (χ2v) is 7.94. The molecule has 0 bridgehead atoms. The Bertz CT molecular complexity index is 1330. The second kappa shape index (κ2) is 7.47. The van der Waals surface area contributed by atoms with Crippen LogP contribution in [0.15, 0.2) is 82.7 Å². The lowest BCUT2D eigenvalue weighted by atomic mass is 9.91. The molecule has 4 nitrogen and oxygen atoms in total. The molecule has 5 rings (SSSR count). The number of aromatic nitrogens is 1. The molecule has 0 fully saturated rings. The lowest BCUT2D eigenvalue weighted by Gasteiger charge is -2.13. The van der Waals surface area contributed by atoms with Crippen molar-refractivity contribution in [2.45, 2.75) is 19.4 Å². The average molecular weight is 415 g/mol. The van der Waals surface area contributed by atoms with E-state index in [4.69, 9.17) is 16.4 Å². The third-order valence-electron chi connectivity index (χ3n) is 5.45. The van der Waals surface area contributed by atoms with Gasteiger partial charge in [-0.2, -0.15) is 0 Å². The van der Waals surface area contributed by atoms with Crippen LogP contribution in [0.5, 0.6) is 0 Å². The van der Waals surface area contributed by atoms with Gasteiger partial charge in [0.15, 0.2) is 6.10 Å². The molecule has 30 heavy (non-hydrogen) atoms. The van der Waals surface area contributed by atoms with Gasteiger partial charge in [-0.25, -0.2) is 0 Å². The number of aryl methyl sites for hydroxylation is 1. The van der Waals surface area contributed by atoms with Crippen molar-refractivity contribution < 1.29 is 4.84 Å². The maximum Gasteiger partial charge on any atom is 0.258 e. The van der Waals surface area contributed by atoms with Gasteiger partial charge in [-0.3, -0.25) is 4.79 Å². The van der Waals surface area contributed by atoms with E-state index in [0.29, 0.717) is 22.7 Å². The fourth-order valence-electron chi connectivity index (χ4n) is 3.93. The monoisotopic (exact) mass is 414 g/mol. The average Bonchev–Trinajstić information content (AvgIpc) is 3.24. The Labute approximate surface area is 178 Å². The summed E-state index contributed by atoms with van der Waals surface area (Å²) < 4.78 is 0. The summed E-state index contributed by atoms with van der Waals surface area (Å²) in [5, 5.41) is 5.82. The molecule has 0 aliphatic carbocycles. The maximum atomic E-state index is 13.2. The topological polar surface area (TPSA) is 54.5 Å². The number of nitrogens with zero attached hydrogens (tertiary/aromatic N) is 1. The van der Waals surface area contributed by atoms with E-state index in [1.807, 2.05) is 61.5 Å². The van der Waals surface area contributed by atoms with Gasteiger partial charge in [0.05, 0.1) is 11.3 Å². The van der Waals surface area contributed by atoms with Gasteiger partial charge in [0, 0.05) is 27.9 Å². The highest BCUT2D eigenvalue weighted by atomic mass is 35.5. The normalized spacial score (nSPS) is 15.8. The zero-order valence-corrected chi connectivity index (χ0v) is 17.1. The highest BCUT2D eigenvalue weighted by Crippen LogP contribution is 2.35. The molecule has 3 aromatic carbocycles. The minimum Gasteiger partial charge on any atom is -0.387 e. The van der Waals surface area contributed by atoms with E-state index in [-0.39, 0.29) is 11.7 Å². The number of benzene rings is 3. The van der Waals surface area contributed by atoms with Crippen LogP contribution in [0.1, 0.15) is 29.2 Å². The van der Waals surface area contributed by atoms with Crippen molar-refractivity contribution >= 4 is 28.2 Å². The summed E-state index contributed by atoms with van der Waals surface area (Å²) in [6.45, 7) is 2.05. The number of halogens is 1. The molecule has 1 atom stereocenters. The third kappa shape index (κ3) is 3.29. The van der Waals surface area contributed by atoms with Crippen LogP contribution in [0.4, 0.5) is 0 Å². The van der Waals surface area contributed by atoms with Crippen LogP contribution in [-0.4, -0.2) is 10.7 Å². The first-order valence-electron chi connectivity index (χ1n) is 9.81. The molecular formula is C25H19ClN2O2. The summed E-state index contributed by atoms with van der Waals surface area (Å²) in [7, 11) is 0. The van der Waals surface area contributed by atoms with E-state index >= 15 is 0 Å². The molecule has 4 aromatic rings. The standard InChI is InChI=1S/C25H19ClN2O2/c1-15-7-9-16(10-8-15)22-14-21(28-30-22)24-23(17-5-3-2-4-6-17)19-13-18(26)11-12-20(19)27-25(24)29/h2-13,22H,14H2,1H3,(H,27,29)/t22-/m0/s1. The molecule has 5 heteroatoms. The lowest BCUT2D eigenvalue weighted by Crippen LogP contribution is -2.20. The number of H-pyrrole nitrogens is 1. The number of aromatic amines is 1. The highest BCUT2D eigenvalue weighted by Gasteiger charge is 2.28. The van der Waals surface area contributed by atoms with Gasteiger partial charge in [0.1, 0.15) is 0 Å². The molecule has 2 heterocycles. The molecule has 0 amide bonds. The number of nitrogens with one attached hydrogen (secondary N) is 1. The van der Waals surface area contributed by atoms with Gasteiger partial charge in [0.2, 0.25) is 0 Å². The molecule has 0 unspecified atom stereocenters. The lowest BCUT2D eigenvalue weighted by molar-refractivity contribution is 0.0857. The van der Waals surface area contributed by atoms with Crippen molar-refractivity contribution in [3.8, 4) is 11.1 Å². The molecule has 1 aliphatic heterocycles. The molecule has 0 radical (unpaired) electrons. The van der Waals surface area contributed by atoms with Crippen LogP contribution < -0.4 is 5.56 Å². The number of pyridine rings is 1. The molecule has 1 aliphatic rings. The number of rotatable bonds is 3. The summed E-state index contributed by atoms with van der Waals surface area (Å²) in [4.78, 5) is 21.9. The zero-order valence-electron chi connectivity index (χ0n) is 16.4. The van der Waals surface area contributed by atoms with E-state index in [9.17, 15) is 4.79 Å². The van der Waals surface area contributed by atoms with Crippen LogP contribution in [0.25, 0.3) is 22.0 Å².